The van der Waals surface area contributed by atoms with E-state index in [1.54, 1.807) is 0 Å². The summed E-state index contributed by atoms with van der Waals surface area (Å²) >= 11 is 4.19. The Kier molecular flexibility index (Phi) is 11.7. The van der Waals surface area contributed by atoms with Gasteiger partial charge in [0.05, 0.1) is 18.6 Å². The van der Waals surface area contributed by atoms with E-state index in [-0.39, 0.29) is 24.9 Å². The number of hydrogen-bond donors (Lipinski definition) is 1. The smallest absolute Gasteiger partial charge is 0.269 e. The summed E-state index contributed by atoms with van der Waals surface area (Å²) in [4.78, 5) is 9.90. The summed E-state index contributed by atoms with van der Waals surface area (Å²) in [5.41, 5.74) is 0. The Bertz CT molecular complexity index is 68.3. The third kappa shape index (κ3) is 10.1. The largest absolute Gasteiger partial charge is 0.308 e. The van der Waals surface area contributed by atoms with Gasteiger partial charge >= 0.3 is 0 Å². The van der Waals surface area contributed by atoms with Crippen LogP contribution in [0.1, 0.15) is 6.92 Å². The van der Waals surface area contributed by atoms with Crippen LogP contribution < -0.4 is 0 Å². The van der Waals surface area contributed by atoms with Gasteiger partial charge in [0, 0.05) is 20.4 Å². The fraction of sp³-hybridized carbons (Fsp3) is 0.667. The molecule has 0 heterocycles. The number of rotatable bonds is 2. The van der Waals surface area contributed by atoms with Crippen molar-refractivity contribution < 1.29 is 29.4 Å². The van der Waals surface area contributed by atoms with Crippen LogP contribution in [-0.2, 0) is 24.6 Å². The van der Waals surface area contributed by atoms with E-state index in [9.17, 15) is 4.79 Å². The minimum absolute atomic E-state index is 0. The van der Waals surface area contributed by atoms with E-state index in [0.29, 0.717) is 6.61 Å². The zero-order valence-corrected chi connectivity index (χ0v) is 7.46. The van der Waals surface area contributed by atoms with Gasteiger partial charge in [0.2, 0.25) is 0 Å². The molecular formula is C3H6O2PdS2. The molecule has 0 saturated heterocycles. The summed E-state index contributed by atoms with van der Waals surface area (Å²) in [7, 11) is 0. The molecule has 0 rings (SSSR count). The standard InChI is InChI=1S/C3H6O2S2.Pd/c1-2-5-7-3(4)6;/h2H2,1H3,(H,4,6);. The van der Waals surface area contributed by atoms with Gasteiger partial charge in [0.15, 0.2) is 0 Å². The normalized spacial score (nSPS) is 7.75. The molecule has 0 aromatic heterocycles. The maximum Gasteiger partial charge on any atom is 0.269 e. The summed E-state index contributed by atoms with van der Waals surface area (Å²) in [6.45, 7) is 2.35. The summed E-state index contributed by atoms with van der Waals surface area (Å²) in [5, 5.41) is 0. The zero-order chi connectivity index (χ0) is 5.70. The van der Waals surface area contributed by atoms with Crippen molar-refractivity contribution in [3.05, 3.63) is 0 Å². The topological polar surface area (TPSA) is 26.3 Å². The molecule has 0 N–H and O–H groups in total. The Hall–Kier alpha value is 0.992. The van der Waals surface area contributed by atoms with Crippen LogP contribution in [0, 0.1) is 0 Å². The van der Waals surface area contributed by atoms with Gasteiger partial charge in [-0.15, -0.1) is 0 Å². The van der Waals surface area contributed by atoms with Gasteiger partial charge in [-0.25, -0.2) is 0 Å². The van der Waals surface area contributed by atoms with Gasteiger partial charge in [-0.05, 0) is 6.92 Å². The van der Waals surface area contributed by atoms with Crippen molar-refractivity contribution in [1.29, 1.82) is 0 Å². The summed E-state index contributed by atoms with van der Waals surface area (Å²) in [6.07, 6.45) is 0. The van der Waals surface area contributed by atoms with Crippen LogP contribution in [0.3, 0.4) is 0 Å². The van der Waals surface area contributed by atoms with E-state index < -0.39 is 0 Å². The molecule has 8 heavy (non-hydrogen) atoms. The first-order valence-electron chi connectivity index (χ1n) is 1.79. The Morgan fingerprint density at radius 2 is 2.38 bits per heavy atom. The third-order valence-corrected chi connectivity index (χ3v) is 0.968. The van der Waals surface area contributed by atoms with Crippen LogP contribution >= 0.6 is 24.7 Å². The van der Waals surface area contributed by atoms with Gasteiger partial charge < -0.3 is 4.18 Å². The first-order chi connectivity index (χ1) is 3.27. The van der Waals surface area contributed by atoms with E-state index in [0.717, 1.165) is 12.0 Å². The number of carbonyl (C=O) groups excluding carboxylic acids is 1. The molecule has 0 bridgehead atoms. The molecule has 2 nitrogen and oxygen atoms in total. The maximum atomic E-state index is 9.90. The second kappa shape index (κ2) is 7.99. The summed E-state index contributed by atoms with van der Waals surface area (Å²) in [5.74, 6) is 0. The van der Waals surface area contributed by atoms with E-state index in [2.05, 4.69) is 16.8 Å². The van der Waals surface area contributed by atoms with Crippen LogP contribution in [-0.4, -0.2) is 11.1 Å². The molecule has 52 valence electrons. The molecule has 0 aliphatic rings. The van der Waals surface area contributed by atoms with Gasteiger partial charge in [-0.2, -0.15) is 0 Å². The van der Waals surface area contributed by atoms with Crippen molar-refractivity contribution in [2.24, 2.45) is 0 Å². The first kappa shape index (κ1) is 11.7. The molecule has 0 aliphatic carbocycles. The van der Waals surface area contributed by atoms with Crippen LogP contribution in [0.2, 0.25) is 0 Å². The third-order valence-electron chi connectivity index (χ3n) is 0.248. The minimum Gasteiger partial charge on any atom is -0.308 e. The Morgan fingerprint density at radius 1 is 1.88 bits per heavy atom. The van der Waals surface area contributed by atoms with Crippen LogP contribution in [0.4, 0.5) is 4.79 Å². The SMILES string of the molecule is CCOSC(=O)S.[Pd]. The second-order valence-electron chi connectivity index (χ2n) is 0.756. The molecule has 0 amide bonds. The average molecular weight is 245 g/mol. The molecule has 0 fully saturated rings. The van der Waals surface area contributed by atoms with Crippen molar-refractivity contribution >= 4 is 29.1 Å². The monoisotopic (exact) mass is 244 g/mol. The number of hydrogen-bond acceptors (Lipinski definition) is 3. The Morgan fingerprint density at radius 3 is 2.50 bits per heavy atom. The quantitative estimate of drug-likeness (QED) is 0.455. The zero-order valence-electron chi connectivity index (χ0n) is 4.20. The fourth-order valence-electron chi connectivity index (χ4n) is 0.109. The average Bonchev–Trinajstić information content (AvgIpc) is 1.61. The van der Waals surface area contributed by atoms with Gasteiger partial charge in [0.25, 0.3) is 4.45 Å². The van der Waals surface area contributed by atoms with Crippen molar-refractivity contribution in [2.75, 3.05) is 6.61 Å². The maximum absolute atomic E-state index is 9.90. The number of thiol groups is 1. The molecule has 0 atom stereocenters. The predicted octanol–water partition coefficient (Wildman–Crippen LogP) is 1.72. The van der Waals surface area contributed by atoms with Gasteiger partial charge in [-0.3, -0.25) is 4.79 Å². The number of carbonyl (C=O) groups is 1. The minimum atomic E-state index is -0.304. The van der Waals surface area contributed by atoms with E-state index in [1.165, 1.54) is 0 Å². The molecular weight excluding hydrogens is 239 g/mol. The van der Waals surface area contributed by atoms with E-state index in [1.807, 2.05) is 6.92 Å². The van der Waals surface area contributed by atoms with Gasteiger partial charge in [-0.1, -0.05) is 12.6 Å². The van der Waals surface area contributed by atoms with Gasteiger partial charge in [0.1, 0.15) is 0 Å². The Balaban J connectivity index is 0. The van der Waals surface area contributed by atoms with Crippen LogP contribution in [0.15, 0.2) is 0 Å². The Labute approximate surface area is 72.0 Å². The van der Waals surface area contributed by atoms with E-state index >= 15 is 0 Å². The predicted molar refractivity (Wildman–Crippen MR) is 33.6 cm³/mol. The molecule has 5 heteroatoms. The second-order valence-corrected chi connectivity index (χ2v) is 2.24. The molecule has 0 radical (unpaired) electrons. The molecule has 0 aliphatic heterocycles. The molecule has 0 spiro atoms. The molecule has 0 unspecified atom stereocenters. The molecule has 0 aromatic rings. The van der Waals surface area contributed by atoms with E-state index in [4.69, 9.17) is 0 Å². The van der Waals surface area contributed by atoms with Crippen molar-refractivity contribution in [3.63, 3.8) is 0 Å². The fourth-order valence-corrected chi connectivity index (χ4v) is 0.486. The van der Waals surface area contributed by atoms with Crippen LogP contribution in [0.5, 0.6) is 0 Å². The molecule has 0 saturated carbocycles. The first-order valence-corrected chi connectivity index (χ1v) is 2.98. The summed E-state index contributed by atoms with van der Waals surface area (Å²) < 4.78 is 4.28. The van der Waals surface area contributed by atoms with Crippen molar-refractivity contribution in [3.8, 4) is 0 Å². The van der Waals surface area contributed by atoms with Crippen LogP contribution in [0.25, 0.3) is 0 Å². The van der Waals surface area contributed by atoms with Crippen molar-refractivity contribution in [1.82, 2.24) is 0 Å². The van der Waals surface area contributed by atoms with Crippen molar-refractivity contribution in [2.45, 2.75) is 6.92 Å². The molecule has 0 aromatic carbocycles. The summed E-state index contributed by atoms with van der Waals surface area (Å²) in [6, 6.07) is 0.